The number of benzene rings is 2. The summed E-state index contributed by atoms with van der Waals surface area (Å²) in [4.78, 5) is 0. The van der Waals surface area contributed by atoms with Crippen molar-refractivity contribution in [3.63, 3.8) is 0 Å². The van der Waals surface area contributed by atoms with E-state index in [0.717, 1.165) is 5.56 Å². The second kappa shape index (κ2) is 10.0. The van der Waals surface area contributed by atoms with Gasteiger partial charge in [-0.15, -0.1) is 0 Å². The van der Waals surface area contributed by atoms with Gasteiger partial charge in [0.15, 0.2) is 11.5 Å². The number of hydrogen-bond donors (Lipinski definition) is 1. The van der Waals surface area contributed by atoms with Crippen LogP contribution in [-0.2, 0) is 16.4 Å². The molecule has 0 saturated heterocycles. The molecule has 0 aromatic heterocycles. The number of methoxy groups -OCH3 is 3. The minimum Gasteiger partial charge on any atom is -0.497 e. The molecule has 0 atom stereocenters. The normalized spacial score (nSPS) is 11.1. The van der Waals surface area contributed by atoms with E-state index in [2.05, 4.69) is 4.72 Å². The van der Waals surface area contributed by atoms with Crippen LogP contribution in [0.3, 0.4) is 0 Å². The Kier molecular flexibility index (Phi) is 7.75. The quantitative estimate of drug-likeness (QED) is 0.628. The summed E-state index contributed by atoms with van der Waals surface area (Å²) in [5.74, 6) is 2.44. The molecule has 2 aromatic rings. The molecule has 7 nitrogen and oxygen atoms in total. The minimum absolute atomic E-state index is 0.0675. The topological polar surface area (TPSA) is 83.1 Å². The highest BCUT2D eigenvalue weighted by molar-refractivity contribution is 7.89. The highest BCUT2D eigenvalue weighted by Crippen LogP contribution is 2.27. The molecule has 0 unspecified atom stereocenters. The van der Waals surface area contributed by atoms with Crippen molar-refractivity contribution in [1.82, 2.24) is 4.72 Å². The van der Waals surface area contributed by atoms with Crippen molar-refractivity contribution in [2.75, 3.05) is 40.2 Å². The molecule has 0 aliphatic heterocycles. The average molecular weight is 395 g/mol. The second-order valence-electron chi connectivity index (χ2n) is 5.68. The van der Waals surface area contributed by atoms with Crippen molar-refractivity contribution in [3.05, 3.63) is 48.0 Å². The minimum atomic E-state index is -3.42. The summed E-state index contributed by atoms with van der Waals surface area (Å²) in [6, 6.07) is 12.5. The Morgan fingerprint density at radius 3 is 2.15 bits per heavy atom. The molecule has 0 radical (unpaired) electrons. The summed E-state index contributed by atoms with van der Waals surface area (Å²) in [5.41, 5.74) is 0.949. The molecule has 0 spiro atoms. The standard InChI is InChI=1S/C19H25NO6S/c1-23-16-5-7-17(8-6-16)26-12-13-27(21,22)20-11-10-15-4-9-18(24-2)19(14-15)25-3/h4-9,14,20H,10-13H2,1-3H3. The highest BCUT2D eigenvalue weighted by atomic mass is 32.2. The van der Waals surface area contributed by atoms with Crippen LogP contribution in [0.25, 0.3) is 0 Å². The lowest BCUT2D eigenvalue weighted by Gasteiger charge is -2.11. The zero-order valence-corrected chi connectivity index (χ0v) is 16.5. The summed E-state index contributed by atoms with van der Waals surface area (Å²) in [6.07, 6.45) is 0.541. The van der Waals surface area contributed by atoms with Gasteiger partial charge in [0.1, 0.15) is 18.1 Å². The zero-order chi connectivity index (χ0) is 19.7. The van der Waals surface area contributed by atoms with Gasteiger partial charge in [-0.1, -0.05) is 6.07 Å². The zero-order valence-electron chi connectivity index (χ0n) is 15.7. The van der Waals surface area contributed by atoms with Gasteiger partial charge in [-0.05, 0) is 48.4 Å². The number of rotatable bonds is 11. The maximum Gasteiger partial charge on any atom is 0.214 e. The second-order valence-corrected chi connectivity index (χ2v) is 7.60. The molecular weight excluding hydrogens is 370 g/mol. The van der Waals surface area contributed by atoms with Crippen LogP contribution >= 0.6 is 0 Å². The van der Waals surface area contributed by atoms with Crippen LogP contribution in [0.4, 0.5) is 0 Å². The predicted octanol–water partition coefficient (Wildman–Crippen LogP) is 2.25. The van der Waals surface area contributed by atoms with Gasteiger partial charge in [-0.2, -0.15) is 0 Å². The monoisotopic (exact) mass is 395 g/mol. The third kappa shape index (κ3) is 6.65. The molecule has 1 N–H and O–H groups in total. The van der Waals surface area contributed by atoms with Gasteiger partial charge < -0.3 is 18.9 Å². The smallest absolute Gasteiger partial charge is 0.214 e. The first-order valence-corrected chi connectivity index (χ1v) is 10.1. The van der Waals surface area contributed by atoms with Crippen LogP contribution in [0.2, 0.25) is 0 Å². The first-order valence-electron chi connectivity index (χ1n) is 8.42. The van der Waals surface area contributed by atoms with Crippen molar-refractivity contribution in [2.24, 2.45) is 0 Å². The van der Waals surface area contributed by atoms with Gasteiger partial charge in [-0.25, -0.2) is 13.1 Å². The molecule has 0 fully saturated rings. The molecule has 0 bridgehead atoms. The molecule has 0 saturated carbocycles. The predicted molar refractivity (Wildman–Crippen MR) is 104 cm³/mol. The van der Waals surface area contributed by atoms with Crippen LogP contribution in [0.5, 0.6) is 23.0 Å². The molecule has 148 valence electrons. The van der Waals surface area contributed by atoms with Crippen LogP contribution in [0.15, 0.2) is 42.5 Å². The van der Waals surface area contributed by atoms with Crippen molar-refractivity contribution in [2.45, 2.75) is 6.42 Å². The van der Waals surface area contributed by atoms with Crippen molar-refractivity contribution >= 4 is 10.0 Å². The maximum absolute atomic E-state index is 12.1. The molecule has 2 aromatic carbocycles. The van der Waals surface area contributed by atoms with E-state index in [1.807, 2.05) is 12.1 Å². The van der Waals surface area contributed by atoms with Gasteiger partial charge >= 0.3 is 0 Å². The van der Waals surface area contributed by atoms with Crippen molar-refractivity contribution < 1.29 is 27.4 Å². The first kappa shape index (κ1) is 20.9. The van der Waals surface area contributed by atoms with Gasteiger partial charge in [0, 0.05) is 6.54 Å². The van der Waals surface area contributed by atoms with E-state index in [-0.39, 0.29) is 12.4 Å². The number of nitrogens with one attached hydrogen (secondary N) is 1. The highest BCUT2D eigenvalue weighted by Gasteiger charge is 2.11. The van der Waals surface area contributed by atoms with Gasteiger partial charge in [-0.3, -0.25) is 0 Å². The maximum atomic E-state index is 12.1. The Morgan fingerprint density at radius 2 is 1.52 bits per heavy atom. The Bertz CT molecular complexity index is 821. The SMILES string of the molecule is COc1ccc(OCCS(=O)(=O)NCCc2ccc(OC)c(OC)c2)cc1. The summed E-state index contributed by atoms with van der Waals surface area (Å²) < 4.78 is 47.7. The molecule has 0 amide bonds. The van der Waals surface area contributed by atoms with E-state index in [1.54, 1.807) is 51.7 Å². The van der Waals surface area contributed by atoms with Crippen LogP contribution in [0, 0.1) is 0 Å². The van der Waals surface area contributed by atoms with E-state index in [0.29, 0.717) is 36.0 Å². The van der Waals surface area contributed by atoms with Crippen LogP contribution in [-0.4, -0.2) is 48.7 Å². The molecule has 8 heteroatoms. The Labute approximate surface area is 160 Å². The van der Waals surface area contributed by atoms with E-state index < -0.39 is 10.0 Å². The van der Waals surface area contributed by atoms with E-state index in [4.69, 9.17) is 18.9 Å². The first-order chi connectivity index (χ1) is 13.0. The van der Waals surface area contributed by atoms with Gasteiger partial charge in [0.05, 0.1) is 27.1 Å². The third-order valence-corrected chi connectivity index (χ3v) is 5.21. The van der Waals surface area contributed by atoms with E-state index >= 15 is 0 Å². The molecule has 27 heavy (non-hydrogen) atoms. The van der Waals surface area contributed by atoms with Crippen molar-refractivity contribution in [1.29, 1.82) is 0 Å². The fraction of sp³-hybridized carbons (Fsp3) is 0.368. The van der Waals surface area contributed by atoms with Crippen molar-refractivity contribution in [3.8, 4) is 23.0 Å². The lowest BCUT2D eigenvalue weighted by Crippen LogP contribution is -2.30. The Balaban J connectivity index is 1.77. The number of sulfonamides is 1. The largest absolute Gasteiger partial charge is 0.497 e. The fourth-order valence-electron chi connectivity index (χ4n) is 2.40. The lowest BCUT2D eigenvalue weighted by molar-refractivity contribution is 0.339. The molecule has 0 aliphatic rings. The summed E-state index contributed by atoms with van der Waals surface area (Å²) in [6.45, 7) is 0.359. The number of hydrogen-bond acceptors (Lipinski definition) is 6. The van der Waals surface area contributed by atoms with Crippen LogP contribution < -0.4 is 23.7 Å². The average Bonchev–Trinajstić information content (AvgIpc) is 2.68. The third-order valence-electron chi connectivity index (χ3n) is 3.86. The van der Waals surface area contributed by atoms with E-state index in [9.17, 15) is 8.42 Å². The number of ether oxygens (including phenoxy) is 4. The Hall–Kier alpha value is -2.45. The van der Waals surface area contributed by atoms with Gasteiger partial charge in [0.2, 0.25) is 10.0 Å². The molecule has 0 heterocycles. The molecule has 0 aliphatic carbocycles. The molecular formula is C19H25NO6S. The fourth-order valence-corrected chi connectivity index (χ4v) is 3.26. The molecule has 2 rings (SSSR count). The lowest BCUT2D eigenvalue weighted by atomic mass is 10.1. The van der Waals surface area contributed by atoms with Crippen LogP contribution in [0.1, 0.15) is 5.56 Å². The Morgan fingerprint density at radius 1 is 0.852 bits per heavy atom. The van der Waals surface area contributed by atoms with E-state index in [1.165, 1.54) is 0 Å². The summed E-state index contributed by atoms with van der Waals surface area (Å²) in [5, 5.41) is 0. The van der Waals surface area contributed by atoms with Gasteiger partial charge in [0.25, 0.3) is 0 Å². The summed E-state index contributed by atoms with van der Waals surface area (Å²) >= 11 is 0. The summed E-state index contributed by atoms with van der Waals surface area (Å²) in [7, 11) is 1.29.